The zero-order chi connectivity index (χ0) is 15.5. The zero-order valence-corrected chi connectivity index (χ0v) is 13.8. The number of fused-ring (bicyclic) bond motifs is 1. The lowest BCUT2D eigenvalue weighted by atomic mass is 10.0. The third kappa shape index (κ3) is 3.20. The van der Waals surface area contributed by atoms with Gasteiger partial charge in [-0.25, -0.2) is 0 Å². The van der Waals surface area contributed by atoms with Crippen molar-refractivity contribution in [1.29, 1.82) is 0 Å². The standard InChI is InChI=1S/C19H16BrNO/c1-13(21-19(22)15-8-10-18(20)11-9-15)16-7-6-14-4-2-3-5-17(14)12-16/h2-13H,1H3,(H,21,22)/t13-/m1/s1. The Bertz CT molecular complexity index is 811. The highest BCUT2D eigenvalue weighted by atomic mass is 79.9. The van der Waals surface area contributed by atoms with Crippen LogP contribution in [-0.2, 0) is 0 Å². The second-order valence-corrected chi connectivity index (χ2v) is 6.22. The average molecular weight is 354 g/mol. The van der Waals surface area contributed by atoms with E-state index in [-0.39, 0.29) is 11.9 Å². The van der Waals surface area contributed by atoms with Crippen molar-refractivity contribution in [2.75, 3.05) is 0 Å². The van der Waals surface area contributed by atoms with E-state index in [0.717, 1.165) is 10.0 Å². The molecule has 0 bridgehead atoms. The number of halogens is 1. The summed E-state index contributed by atoms with van der Waals surface area (Å²) in [6.45, 7) is 2.00. The number of hydrogen-bond donors (Lipinski definition) is 1. The number of nitrogens with one attached hydrogen (secondary N) is 1. The molecule has 0 unspecified atom stereocenters. The van der Waals surface area contributed by atoms with Gasteiger partial charge in [0.2, 0.25) is 0 Å². The normalized spacial score (nSPS) is 12.1. The molecule has 22 heavy (non-hydrogen) atoms. The first-order valence-electron chi connectivity index (χ1n) is 7.18. The van der Waals surface area contributed by atoms with Gasteiger partial charge in [0.05, 0.1) is 6.04 Å². The number of carbonyl (C=O) groups is 1. The first-order chi connectivity index (χ1) is 10.6. The summed E-state index contributed by atoms with van der Waals surface area (Å²) in [7, 11) is 0. The van der Waals surface area contributed by atoms with Crippen LogP contribution in [0.1, 0.15) is 28.9 Å². The Hall–Kier alpha value is -2.13. The Kier molecular flexibility index (Phi) is 4.25. The number of carbonyl (C=O) groups excluding carboxylic acids is 1. The first kappa shape index (κ1) is 14.8. The molecule has 0 aliphatic heterocycles. The molecule has 1 atom stereocenters. The van der Waals surface area contributed by atoms with Crippen LogP contribution in [0.15, 0.2) is 71.2 Å². The van der Waals surface area contributed by atoms with Gasteiger partial charge in [-0.2, -0.15) is 0 Å². The van der Waals surface area contributed by atoms with Crippen molar-refractivity contribution in [2.45, 2.75) is 13.0 Å². The van der Waals surface area contributed by atoms with E-state index in [2.05, 4.69) is 51.6 Å². The summed E-state index contributed by atoms with van der Waals surface area (Å²) in [6, 6.07) is 21.8. The molecule has 0 aliphatic carbocycles. The molecule has 1 N–H and O–H groups in total. The molecule has 3 rings (SSSR count). The van der Waals surface area contributed by atoms with Gasteiger partial charge in [-0.1, -0.05) is 52.3 Å². The van der Waals surface area contributed by atoms with E-state index >= 15 is 0 Å². The minimum Gasteiger partial charge on any atom is -0.346 e. The molecule has 1 amide bonds. The van der Waals surface area contributed by atoms with E-state index in [1.165, 1.54) is 10.8 Å². The largest absolute Gasteiger partial charge is 0.346 e. The minimum atomic E-state index is -0.0619. The average Bonchev–Trinajstić information content (AvgIpc) is 2.55. The van der Waals surface area contributed by atoms with Gasteiger partial charge in [-0.05, 0) is 53.6 Å². The quantitative estimate of drug-likeness (QED) is 0.697. The van der Waals surface area contributed by atoms with Gasteiger partial charge in [-0.15, -0.1) is 0 Å². The SMILES string of the molecule is C[C@@H](NC(=O)c1ccc(Br)cc1)c1ccc2ccccc2c1. The molecule has 0 fully saturated rings. The summed E-state index contributed by atoms with van der Waals surface area (Å²) in [4.78, 5) is 12.3. The molecule has 0 aromatic heterocycles. The lowest BCUT2D eigenvalue weighted by Crippen LogP contribution is -2.26. The van der Waals surface area contributed by atoms with Crippen LogP contribution in [0.2, 0.25) is 0 Å². The van der Waals surface area contributed by atoms with Gasteiger partial charge in [0.25, 0.3) is 5.91 Å². The van der Waals surface area contributed by atoms with Crippen LogP contribution < -0.4 is 5.32 Å². The Morgan fingerprint density at radius 1 is 0.955 bits per heavy atom. The smallest absolute Gasteiger partial charge is 0.251 e. The summed E-state index contributed by atoms with van der Waals surface area (Å²) < 4.78 is 0.964. The molecule has 0 saturated carbocycles. The van der Waals surface area contributed by atoms with Gasteiger partial charge in [-0.3, -0.25) is 4.79 Å². The monoisotopic (exact) mass is 353 g/mol. The van der Waals surface area contributed by atoms with Crippen molar-refractivity contribution in [3.8, 4) is 0 Å². The van der Waals surface area contributed by atoms with E-state index in [1.54, 1.807) is 0 Å². The highest BCUT2D eigenvalue weighted by Crippen LogP contribution is 2.20. The predicted molar refractivity (Wildman–Crippen MR) is 94.0 cm³/mol. The second kappa shape index (κ2) is 6.32. The Morgan fingerprint density at radius 2 is 1.64 bits per heavy atom. The van der Waals surface area contributed by atoms with Crippen molar-refractivity contribution in [2.24, 2.45) is 0 Å². The fourth-order valence-electron chi connectivity index (χ4n) is 2.44. The fraction of sp³-hybridized carbons (Fsp3) is 0.105. The van der Waals surface area contributed by atoms with Crippen molar-refractivity contribution < 1.29 is 4.79 Å². The molecular formula is C19H16BrNO. The molecule has 0 heterocycles. The van der Waals surface area contributed by atoms with Gasteiger partial charge in [0, 0.05) is 10.0 Å². The maximum atomic E-state index is 12.3. The van der Waals surface area contributed by atoms with E-state index < -0.39 is 0 Å². The second-order valence-electron chi connectivity index (χ2n) is 5.31. The summed E-state index contributed by atoms with van der Waals surface area (Å²) in [5, 5.41) is 5.43. The lowest BCUT2D eigenvalue weighted by molar-refractivity contribution is 0.0940. The van der Waals surface area contributed by atoms with Gasteiger partial charge in [0.15, 0.2) is 0 Å². The van der Waals surface area contributed by atoms with Gasteiger partial charge < -0.3 is 5.32 Å². The third-order valence-electron chi connectivity index (χ3n) is 3.73. The Labute approximate surface area is 138 Å². The van der Waals surface area contributed by atoms with Crippen LogP contribution in [0.4, 0.5) is 0 Å². The van der Waals surface area contributed by atoms with Gasteiger partial charge >= 0.3 is 0 Å². The van der Waals surface area contributed by atoms with Crippen LogP contribution in [0, 0.1) is 0 Å². The van der Waals surface area contributed by atoms with Crippen LogP contribution in [-0.4, -0.2) is 5.91 Å². The molecule has 3 aromatic rings. The molecule has 2 nitrogen and oxygen atoms in total. The highest BCUT2D eigenvalue weighted by molar-refractivity contribution is 9.10. The summed E-state index contributed by atoms with van der Waals surface area (Å²) in [5.41, 5.74) is 1.76. The van der Waals surface area contributed by atoms with Crippen LogP contribution in [0.25, 0.3) is 10.8 Å². The molecule has 3 aromatic carbocycles. The Balaban J connectivity index is 1.79. The van der Waals surface area contributed by atoms with Crippen molar-refractivity contribution in [1.82, 2.24) is 5.32 Å². The molecule has 3 heteroatoms. The number of rotatable bonds is 3. The maximum Gasteiger partial charge on any atom is 0.251 e. The van der Waals surface area contributed by atoms with Crippen LogP contribution in [0.5, 0.6) is 0 Å². The van der Waals surface area contributed by atoms with Crippen molar-refractivity contribution in [3.05, 3.63) is 82.3 Å². The number of benzene rings is 3. The maximum absolute atomic E-state index is 12.3. The zero-order valence-electron chi connectivity index (χ0n) is 12.2. The predicted octanol–water partition coefficient (Wildman–Crippen LogP) is 5.09. The third-order valence-corrected chi connectivity index (χ3v) is 4.26. The molecule has 0 radical (unpaired) electrons. The minimum absolute atomic E-state index is 0.0410. The van der Waals surface area contributed by atoms with Crippen LogP contribution >= 0.6 is 15.9 Å². The Morgan fingerprint density at radius 3 is 2.36 bits per heavy atom. The molecule has 0 spiro atoms. The number of hydrogen-bond acceptors (Lipinski definition) is 1. The van der Waals surface area contributed by atoms with Crippen molar-refractivity contribution in [3.63, 3.8) is 0 Å². The fourth-order valence-corrected chi connectivity index (χ4v) is 2.71. The van der Waals surface area contributed by atoms with Crippen molar-refractivity contribution >= 4 is 32.6 Å². The van der Waals surface area contributed by atoms with Crippen LogP contribution in [0.3, 0.4) is 0 Å². The number of amides is 1. The van der Waals surface area contributed by atoms with E-state index in [4.69, 9.17) is 0 Å². The molecule has 110 valence electrons. The summed E-state index contributed by atoms with van der Waals surface area (Å²) in [5.74, 6) is -0.0619. The summed E-state index contributed by atoms with van der Waals surface area (Å²) in [6.07, 6.45) is 0. The highest BCUT2D eigenvalue weighted by Gasteiger charge is 2.11. The summed E-state index contributed by atoms with van der Waals surface area (Å²) >= 11 is 3.37. The topological polar surface area (TPSA) is 29.1 Å². The first-order valence-corrected chi connectivity index (χ1v) is 7.98. The van der Waals surface area contributed by atoms with E-state index in [1.807, 2.05) is 43.3 Å². The van der Waals surface area contributed by atoms with Gasteiger partial charge in [0.1, 0.15) is 0 Å². The van der Waals surface area contributed by atoms with E-state index in [9.17, 15) is 4.79 Å². The molecular weight excluding hydrogens is 338 g/mol. The molecule has 0 saturated heterocycles. The molecule has 0 aliphatic rings. The lowest BCUT2D eigenvalue weighted by Gasteiger charge is -2.15. The van der Waals surface area contributed by atoms with E-state index in [0.29, 0.717) is 5.56 Å².